The van der Waals surface area contributed by atoms with Gasteiger partial charge < -0.3 is 44.2 Å². The number of amides is 1. The van der Waals surface area contributed by atoms with Crippen LogP contribution in [0, 0.1) is 12.7 Å². The molecule has 0 aliphatic carbocycles. The Bertz CT molecular complexity index is 3660. The average molecular weight is 1100 g/mol. The minimum absolute atomic E-state index is 0.0171. The third-order valence-electron chi connectivity index (χ3n) is 14.1. The number of phenolic OH excluding ortho intramolecular Hbond substituents is 1. The molecule has 1 spiro atoms. The monoisotopic (exact) mass is 1090 g/mol. The fraction of sp³-hybridized carbons (Fsp3) is 0.250. The predicted octanol–water partition coefficient (Wildman–Crippen LogP) is 11.5. The number of carbonyl (C=O) groups is 3. The standard InChI is InChI=1S/C60H53Cl2FN4O11/c1-33-39(32-68)29-43-53(51(33)61)77-54-44(30-50(74-3)55(52(54)62)76-34(2)69)60(43)42-28-38(18-21-41(42)59(73)78-60)57(71)64-23-11-6-4-5-7-12-24-75-49-22-15-36(25-45(49)63)27-47-58(72)67-31-48(37-16-19-40(70)20-17-37)65-46(56(67)66-47)26-35-13-9-8-10-14-35/h8-10,13-22,25,28-31,65,68,70H,4-7,11-12,23-24,26-27,32H2,1-3H3,(H,64,71). The SMILES string of the molecule is COc1cc2c(c(Cl)c1OC(C)=O)Oc1c(cc(CO)c(C)c1Cl)C21OC(=O)c2ccc(C(=O)NCCCCCCCCOc3ccc(Cc4nc5c(Cc6ccccc6)[nH]c(-c6ccc(O)cc6)cn-5c4=O)cc3F)cc21. The first-order valence-corrected chi connectivity index (χ1v) is 26.2. The van der Waals surface area contributed by atoms with Crippen molar-refractivity contribution in [1.29, 1.82) is 0 Å². The molecule has 0 fully saturated rings. The minimum atomic E-state index is -1.79. The van der Waals surface area contributed by atoms with Crippen LogP contribution < -0.4 is 29.8 Å². The van der Waals surface area contributed by atoms with E-state index < -0.39 is 30.0 Å². The van der Waals surface area contributed by atoms with Crippen molar-refractivity contribution in [2.45, 2.75) is 77.4 Å². The van der Waals surface area contributed by atoms with E-state index in [0.29, 0.717) is 66.2 Å². The zero-order valence-corrected chi connectivity index (χ0v) is 44.3. The van der Waals surface area contributed by atoms with Crippen LogP contribution in [-0.4, -0.2) is 62.9 Å². The van der Waals surface area contributed by atoms with E-state index in [1.165, 1.54) is 36.8 Å². The zero-order chi connectivity index (χ0) is 54.8. The van der Waals surface area contributed by atoms with Crippen molar-refractivity contribution in [3.8, 4) is 51.6 Å². The average Bonchev–Trinajstić information content (AvgIpc) is 3.07. The summed E-state index contributed by atoms with van der Waals surface area (Å²) in [6.07, 6.45) is 7.22. The summed E-state index contributed by atoms with van der Waals surface area (Å²) in [6, 6.07) is 29.0. The summed E-state index contributed by atoms with van der Waals surface area (Å²) in [5.41, 5.74) is 4.15. The molecule has 400 valence electrons. The van der Waals surface area contributed by atoms with Gasteiger partial charge in [-0.15, -0.1) is 0 Å². The lowest BCUT2D eigenvalue weighted by atomic mass is 9.76. The molecule has 78 heavy (non-hydrogen) atoms. The molecule has 18 heteroatoms. The van der Waals surface area contributed by atoms with Gasteiger partial charge in [0.15, 0.2) is 46.0 Å². The van der Waals surface area contributed by atoms with Crippen LogP contribution in [-0.2, 0) is 34.6 Å². The molecule has 1 atom stereocenters. The van der Waals surface area contributed by atoms with E-state index in [1.54, 1.807) is 67.7 Å². The number of halogens is 3. The van der Waals surface area contributed by atoms with Gasteiger partial charge in [-0.1, -0.05) is 85.3 Å². The highest BCUT2D eigenvalue weighted by atomic mass is 35.5. The topological polar surface area (TPSA) is 201 Å². The summed E-state index contributed by atoms with van der Waals surface area (Å²) in [5.74, 6) is -1.54. The van der Waals surface area contributed by atoms with E-state index in [0.717, 1.165) is 42.5 Å². The number of benzene rings is 6. The number of H-pyrrole nitrogens is 1. The van der Waals surface area contributed by atoms with Crippen LogP contribution in [0.3, 0.4) is 0 Å². The van der Waals surface area contributed by atoms with Crippen LogP contribution in [0.4, 0.5) is 4.39 Å². The molecule has 4 N–H and O–H groups in total. The van der Waals surface area contributed by atoms with E-state index in [2.05, 4.69) is 10.3 Å². The van der Waals surface area contributed by atoms with Crippen molar-refractivity contribution in [3.63, 3.8) is 0 Å². The number of hydrogen-bond acceptors (Lipinski definition) is 12. The lowest BCUT2D eigenvalue weighted by Gasteiger charge is -2.38. The summed E-state index contributed by atoms with van der Waals surface area (Å²) < 4.78 is 46.4. The quantitative estimate of drug-likeness (QED) is 0.0340. The fourth-order valence-electron chi connectivity index (χ4n) is 10.1. The third-order valence-corrected chi connectivity index (χ3v) is 14.9. The normalized spacial score (nSPS) is 14.1. The second-order valence-corrected chi connectivity index (χ2v) is 20.0. The first-order chi connectivity index (χ1) is 37.7. The van der Waals surface area contributed by atoms with Crippen molar-refractivity contribution < 1.29 is 52.7 Å². The van der Waals surface area contributed by atoms with Gasteiger partial charge in [0.05, 0.1) is 47.9 Å². The number of aromatic hydroxyl groups is 1. The molecule has 10 rings (SSSR count). The van der Waals surface area contributed by atoms with Crippen LogP contribution in [0.15, 0.2) is 114 Å². The number of carbonyl (C=O) groups excluding carboxylic acids is 3. The molecule has 0 saturated heterocycles. The van der Waals surface area contributed by atoms with E-state index in [1.807, 2.05) is 30.3 Å². The van der Waals surface area contributed by atoms with Gasteiger partial charge in [0.2, 0.25) is 0 Å². The number of hydrogen-bond donors (Lipinski definition) is 4. The van der Waals surface area contributed by atoms with Crippen LogP contribution in [0.25, 0.3) is 17.1 Å². The molecule has 6 aromatic rings. The Morgan fingerprint density at radius 1 is 0.833 bits per heavy atom. The highest BCUT2D eigenvalue weighted by Gasteiger charge is 2.56. The number of rotatable bonds is 19. The number of fused-ring (bicyclic) bond motifs is 7. The van der Waals surface area contributed by atoms with E-state index >= 15 is 4.39 Å². The van der Waals surface area contributed by atoms with Crippen molar-refractivity contribution in [2.24, 2.45) is 0 Å². The van der Waals surface area contributed by atoms with Gasteiger partial charge in [-0.2, -0.15) is 0 Å². The lowest BCUT2D eigenvalue weighted by Crippen LogP contribution is -2.34. The number of esters is 2. The van der Waals surface area contributed by atoms with E-state index in [9.17, 15) is 29.4 Å². The van der Waals surface area contributed by atoms with Gasteiger partial charge in [-0.3, -0.25) is 19.0 Å². The molecule has 0 bridgehead atoms. The van der Waals surface area contributed by atoms with E-state index in [-0.39, 0.29) is 90.4 Å². The summed E-state index contributed by atoms with van der Waals surface area (Å²) >= 11 is 13.8. The molecule has 6 aromatic carbocycles. The Morgan fingerprint density at radius 2 is 1.56 bits per heavy atom. The predicted molar refractivity (Wildman–Crippen MR) is 290 cm³/mol. The fourth-order valence-corrected chi connectivity index (χ4v) is 10.6. The highest BCUT2D eigenvalue weighted by molar-refractivity contribution is 6.35. The second kappa shape index (κ2) is 22.4. The molecule has 1 amide bonds. The van der Waals surface area contributed by atoms with Crippen LogP contribution >= 0.6 is 23.2 Å². The van der Waals surface area contributed by atoms with Crippen LogP contribution in [0.5, 0.6) is 34.5 Å². The maximum absolute atomic E-state index is 15.4. The summed E-state index contributed by atoms with van der Waals surface area (Å²) in [4.78, 5) is 61.7. The number of nitrogens with zero attached hydrogens (tertiary/aromatic N) is 2. The molecule has 0 saturated carbocycles. The smallest absolute Gasteiger partial charge is 0.340 e. The number of nitrogens with one attached hydrogen (secondary N) is 2. The van der Waals surface area contributed by atoms with Gasteiger partial charge in [-0.25, -0.2) is 14.2 Å². The number of aliphatic hydroxyl groups excluding tert-OH is 1. The summed E-state index contributed by atoms with van der Waals surface area (Å²) in [6.45, 7) is 3.22. The summed E-state index contributed by atoms with van der Waals surface area (Å²) in [7, 11) is 1.36. The number of ether oxygens (including phenoxy) is 5. The van der Waals surface area contributed by atoms with Crippen LogP contribution in [0.2, 0.25) is 10.0 Å². The van der Waals surface area contributed by atoms with Gasteiger partial charge >= 0.3 is 11.9 Å². The summed E-state index contributed by atoms with van der Waals surface area (Å²) in [5, 5.41) is 23.2. The van der Waals surface area contributed by atoms with Gasteiger partial charge in [0.1, 0.15) is 16.5 Å². The molecule has 4 aliphatic rings. The van der Waals surface area contributed by atoms with Crippen molar-refractivity contribution >= 4 is 41.0 Å². The number of aromatic amines is 1. The highest BCUT2D eigenvalue weighted by Crippen LogP contribution is 2.62. The molecular weight excluding hydrogens is 1040 g/mol. The first-order valence-electron chi connectivity index (χ1n) is 25.4. The Balaban J connectivity index is 0.732. The lowest BCUT2D eigenvalue weighted by molar-refractivity contribution is -0.132. The Kier molecular flexibility index (Phi) is 15.3. The number of unbranched alkanes of at least 4 members (excludes halogenated alkanes) is 5. The molecule has 1 unspecified atom stereocenters. The maximum atomic E-state index is 15.4. The molecule has 0 radical (unpaired) electrons. The largest absolute Gasteiger partial charge is 0.508 e. The Morgan fingerprint density at radius 3 is 2.29 bits per heavy atom. The maximum Gasteiger partial charge on any atom is 0.340 e. The third kappa shape index (κ3) is 10.3. The number of methoxy groups -OCH3 is 1. The van der Waals surface area contributed by atoms with Crippen molar-refractivity contribution in [1.82, 2.24) is 19.9 Å². The van der Waals surface area contributed by atoms with E-state index in [4.69, 9.17) is 51.9 Å². The van der Waals surface area contributed by atoms with Gasteiger partial charge in [0.25, 0.3) is 11.5 Å². The Hall–Kier alpha value is -8.18. The molecule has 4 heterocycles. The van der Waals surface area contributed by atoms with Crippen LogP contribution in [0.1, 0.15) is 116 Å². The Labute approximate surface area is 457 Å². The van der Waals surface area contributed by atoms with Gasteiger partial charge in [0, 0.05) is 49.2 Å². The molecular formula is C60H53Cl2FN4O11. The number of phenols is 1. The number of aliphatic hydroxyl groups is 1. The number of aromatic nitrogens is 3. The molecule has 0 aromatic heterocycles. The van der Waals surface area contributed by atoms with Crippen molar-refractivity contribution in [2.75, 3.05) is 20.3 Å². The zero-order valence-electron chi connectivity index (χ0n) is 42.8. The number of imidazole rings is 1. The minimum Gasteiger partial charge on any atom is -0.508 e. The van der Waals surface area contributed by atoms with Crippen molar-refractivity contribution in [3.05, 3.63) is 197 Å². The molecule has 4 aliphatic heterocycles. The first kappa shape index (κ1) is 53.2. The molecule has 15 nitrogen and oxygen atoms in total. The van der Waals surface area contributed by atoms with Gasteiger partial charge in [-0.05, 0) is 114 Å². The second-order valence-electron chi connectivity index (χ2n) is 19.2.